The van der Waals surface area contributed by atoms with Crippen molar-refractivity contribution in [3.63, 3.8) is 0 Å². The Hall–Kier alpha value is -4.24. The molecule has 0 radical (unpaired) electrons. The lowest BCUT2D eigenvalue weighted by Crippen LogP contribution is -2.34. The molecule has 0 aromatic heterocycles. The van der Waals surface area contributed by atoms with E-state index in [0.29, 0.717) is 11.3 Å². The molecule has 4 rings (SSSR count). The van der Waals surface area contributed by atoms with E-state index in [9.17, 15) is 40.0 Å². The standard InChI is InChI=1S/C31H32F5N3O6S/c1-2-46(42,43)26-13-5-19(6-14-26)27(16-28(37)40)38-29(41)20-3-9-22(10-4-20)39-17-25(15-23(39)18-44-30(32)33)45-24-11-7-21(8-12-24)31(34,35)36/h3-14,23,25,27,30H,2,15-18H2,1H3,(H2,37,40)(H,38,41)/t23-,25?,27-/m0/s1. The Balaban J connectivity index is 1.47. The molecular weight excluding hydrogens is 637 g/mol. The van der Waals surface area contributed by atoms with Gasteiger partial charge in [0.15, 0.2) is 9.84 Å². The van der Waals surface area contributed by atoms with Crippen LogP contribution in [0.4, 0.5) is 27.6 Å². The molecule has 1 aliphatic heterocycles. The molecule has 248 valence electrons. The van der Waals surface area contributed by atoms with E-state index in [2.05, 4.69) is 10.1 Å². The number of carbonyl (C=O) groups excluding carboxylic acids is 2. The molecule has 1 aliphatic rings. The summed E-state index contributed by atoms with van der Waals surface area (Å²) in [5.41, 5.74) is 5.79. The summed E-state index contributed by atoms with van der Waals surface area (Å²) in [5.74, 6) is -1.14. The van der Waals surface area contributed by atoms with Crippen LogP contribution in [-0.4, -0.2) is 57.9 Å². The van der Waals surface area contributed by atoms with Crippen molar-refractivity contribution in [3.05, 3.63) is 89.5 Å². The van der Waals surface area contributed by atoms with Gasteiger partial charge in [-0.05, 0) is 66.2 Å². The van der Waals surface area contributed by atoms with E-state index in [0.717, 1.165) is 12.1 Å². The van der Waals surface area contributed by atoms with Crippen LogP contribution in [0.15, 0.2) is 77.7 Å². The summed E-state index contributed by atoms with van der Waals surface area (Å²) in [4.78, 5) is 26.7. The topological polar surface area (TPSA) is 128 Å². The zero-order valence-corrected chi connectivity index (χ0v) is 25.4. The molecule has 1 fully saturated rings. The van der Waals surface area contributed by atoms with Crippen LogP contribution in [0.3, 0.4) is 0 Å². The number of nitrogens with two attached hydrogens (primary N) is 1. The highest BCUT2D eigenvalue weighted by atomic mass is 32.2. The number of nitrogens with one attached hydrogen (secondary N) is 1. The second-order valence-corrected chi connectivity index (χ2v) is 12.9. The maximum Gasteiger partial charge on any atom is 0.416 e. The minimum absolute atomic E-state index is 0.0892. The summed E-state index contributed by atoms with van der Waals surface area (Å²) < 4.78 is 99.2. The van der Waals surface area contributed by atoms with Gasteiger partial charge in [0.2, 0.25) is 5.91 Å². The van der Waals surface area contributed by atoms with Crippen LogP contribution in [-0.2, 0) is 25.5 Å². The Kier molecular flexibility index (Phi) is 10.9. The van der Waals surface area contributed by atoms with Gasteiger partial charge in [-0.1, -0.05) is 19.1 Å². The predicted octanol–water partition coefficient (Wildman–Crippen LogP) is 5.11. The highest BCUT2D eigenvalue weighted by Gasteiger charge is 2.35. The fraction of sp³-hybridized carbons (Fsp3) is 0.355. The van der Waals surface area contributed by atoms with Crippen molar-refractivity contribution in [2.75, 3.05) is 23.8 Å². The number of ether oxygens (including phenoxy) is 2. The highest BCUT2D eigenvalue weighted by Crippen LogP contribution is 2.33. The number of alkyl halides is 5. The van der Waals surface area contributed by atoms with Crippen molar-refractivity contribution in [1.29, 1.82) is 0 Å². The lowest BCUT2D eigenvalue weighted by atomic mass is 10.0. The van der Waals surface area contributed by atoms with Crippen molar-refractivity contribution >= 4 is 27.3 Å². The summed E-state index contributed by atoms with van der Waals surface area (Å²) in [7, 11) is -3.45. The SMILES string of the molecule is CCS(=O)(=O)c1ccc([C@H](CC(N)=O)NC(=O)c2ccc(N3CC(Oc4ccc(C(F)(F)F)cc4)C[C@H]3COC(F)F)cc2)cc1. The third-order valence-corrected chi connectivity index (χ3v) is 9.22. The number of benzene rings is 3. The number of rotatable bonds is 13. The number of carbonyl (C=O) groups is 2. The second kappa shape index (κ2) is 14.5. The van der Waals surface area contributed by atoms with Gasteiger partial charge in [0.1, 0.15) is 11.9 Å². The van der Waals surface area contributed by atoms with Crippen LogP contribution in [0, 0.1) is 0 Å². The van der Waals surface area contributed by atoms with Crippen LogP contribution in [0.5, 0.6) is 5.75 Å². The minimum atomic E-state index is -4.50. The fourth-order valence-electron chi connectivity index (χ4n) is 5.11. The number of anilines is 1. The number of nitrogens with zero attached hydrogens (tertiary/aromatic N) is 1. The molecule has 15 heteroatoms. The lowest BCUT2D eigenvalue weighted by molar-refractivity contribution is -0.137. The Bertz CT molecular complexity index is 1600. The molecule has 1 saturated heterocycles. The molecule has 3 aromatic carbocycles. The van der Waals surface area contributed by atoms with Gasteiger partial charge < -0.3 is 25.4 Å². The van der Waals surface area contributed by atoms with Gasteiger partial charge in [-0.15, -0.1) is 0 Å². The number of primary amides is 1. The third-order valence-electron chi connectivity index (χ3n) is 7.47. The van der Waals surface area contributed by atoms with Crippen LogP contribution in [0.2, 0.25) is 0 Å². The number of hydrogen-bond acceptors (Lipinski definition) is 7. The van der Waals surface area contributed by atoms with Gasteiger partial charge >= 0.3 is 12.8 Å². The largest absolute Gasteiger partial charge is 0.489 e. The average molecular weight is 670 g/mol. The molecule has 46 heavy (non-hydrogen) atoms. The van der Waals surface area contributed by atoms with Crippen LogP contribution in [0.1, 0.15) is 47.3 Å². The van der Waals surface area contributed by atoms with Crippen molar-refractivity contribution in [1.82, 2.24) is 5.32 Å². The van der Waals surface area contributed by atoms with Crippen molar-refractivity contribution in [2.45, 2.75) is 55.6 Å². The first-order valence-corrected chi connectivity index (χ1v) is 15.8. The highest BCUT2D eigenvalue weighted by molar-refractivity contribution is 7.91. The zero-order chi connectivity index (χ0) is 33.6. The zero-order valence-electron chi connectivity index (χ0n) is 24.5. The lowest BCUT2D eigenvalue weighted by Gasteiger charge is -2.26. The molecule has 3 N–H and O–H groups in total. The molecule has 3 atom stereocenters. The van der Waals surface area contributed by atoms with Gasteiger partial charge in [0.25, 0.3) is 5.91 Å². The van der Waals surface area contributed by atoms with Gasteiger partial charge in [0, 0.05) is 17.7 Å². The molecule has 1 heterocycles. The van der Waals surface area contributed by atoms with E-state index in [1.54, 1.807) is 17.0 Å². The number of hydrogen-bond donors (Lipinski definition) is 2. The Morgan fingerprint density at radius 2 is 1.63 bits per heavy atom. The maximum absolute atomic E-state index is 13.1. The summed E-state index contributed by atoms with van der Waals surface area (Å²) in [6.45, 7) is -1.64. The first-order chi connectivity index (χ1) is 21.7. The van der Waals surface area contributed by atoms with Crippen molar-refractivity contribution in [2.24, 2.45) is 5.73 Å². The quantitative estimate of drug-likeness (QED) is 0.242. The Labute approximate surface area is 262 Å². The fourth-order valence-corrected chi connectivity index (χ4v) is 5.99. The van der Waals surface area contributed by atoms with E-state index in [4.69, 9.17) is 10.5 Å². The monoisotopic (exact) mass is 669 g/mol. The predicted molar refractivity (Wildman–Crippen MR) is 158 cm³/mol. The normalized spacial score (nSPS) is 17.6. The molecule has 9 nitrogen and oxygen atoms in total. The van der Waals surface area contributed by atoms with E-state index in [-0.39, 0.29) is 48.0 Å². The smallest absolute Gasteiger partial charge is 0.416 e. The molecule has 0 bridgehead atoms. The van der Waals surface area contributed by atoms with E-state index >= 15 is 0 Å². The van der Waals surface area contributed by atoms with E-state index in [1.165, 1.54) is 55.5 Å². The van der Waals surface area contributed by atoms with Gasteiger partial charge in [-0.25, -0.2) is 8.42 Å². The van der Waals surface area contributed by atoms with Crippen LogP contribution < -0.4 is 20.7 Å². The molecule has 1 unspecified atom stereocenters. The molecule has 0 saturated carbocycles. The number of sulfone groups is 1. The molecule has 0 spiro atoms. The summed E-state index contributed by atoms with van der Waals surface area (Å²) in [5, 5.41) is 2.73. The molecule has 2 amide bonds. The summed E-state index contributed by atoms with van der Waals surface area (Å²) in [6, 6.07) is 14.7. The summed E-state index contributed by atoms with van der Waals surface area (Å²) >= 11 is 0. The van der Waals surface area contributed by atoms with E-state index in [1.807, 2.05) is 0 Å². The molecule has 3 aromatic rings. The van der Waals surface area contributed by atoms with Crippen LogP contribution in [0.25, 0.3) is 0 Å². The van der Waals surface area contributed by atoms with Gasteiger partial charge in [-0.2, -0.15) is 22.0 Å². The third kappa shape index (κ3) is 8.94. The van der Waals surface area contributed by atoms with Crippen molar-refractivity contribution in [3.8, 4) is 5.75 Å². The van der Waals surface area contributed by atoms with Crippen molar-refractivity contribution < 1.29 is 49.4 Å². The first-order valence-electron chi connectivity index (χ1n) is 14.2. The minimum Gasteiger partial charge on any atom is -0.489 e. The van der Waals surface area contributed by atoms with Gasteiger partial charge in [0.05, 0.1) is 47.9 Å². The average Bonchev–Trinajstić information content (AvgIpc) is 3.41. The Morgan fingerprint density at radius 3 is 2.17 bits per heavy atom. The summed E-state index contributed by atoms with van der Waals surface area (Å²) in [6.07, 6.45) is -5.07. The number of halogens is 5. The molecule has 0 aliphatic carbocycles. The van der Waals surface area contributed by atoms with Crippen LogP contribution >= 0.6 is 0 Å². The second-order valence-electron chi connectivity index (χ2n) is 10.6. The maximum atomic E-state index is 13.1. The van der Waals surface area contributed by atoms with Gasteiger partial charge in [-0.3, -0.25) is 9.59 Å². The number of amides is 2. The van der Waals surface area contributed by atoms with E-state index < -0.39 is 58.2 Å². The molecular formula is C31H32F5N3O6S. The Morgan fingerprint density at radius 1 is 1.00 bits per heavy atom. The first kappa shape index (κ1) is 34.6.